The van der Waals surface area contributed by atoms with Crippen molar-refractivity contribution in [3.63, 3.8) is 0 Å². The first kappa shape index (κ1) is 22.7. The summed E-state index contributed by atoms with van der Waals surface area (Å²) >= 11 is 0. The third-order valence-corrected chi connectivity index (χ3v) is 9.59. The number of sulfonamides is 2. The maximum Gasteiger partial charge on any atom is 0.264 e. The zero-order valence-corrected chi connectivity index (χ0v) is 19.8. The van der Waals surface area contributed by atoms with Crippen molar-refractivity contribution < 1.29 is 21.7 Å². The molecule has 2 aromatic carbocycles. The zero-order valence-electron chi connectivity index (χ0n) is 18.1. The van der Waals surface area contributed by atoms with Gasteiger partial charge < -0.3 is 4.90 Å². The third-order valence-electron chi connectivity index (χ3n) is 5.77. The van der Waals surface area contributed by atoms with Crippen molar-refractivity contribution in [1.82, 2.24) is 4.31 Å². The van der Waals surface area contributed by atoms with Crippen LogP contribution in [0, 0.1) is 20.8 Å². The number of anilines is 1. The first-order valence-electron chi connectivity index (χ1n) is 9.93. The van der Waals surface area contributed by atoms with Crippen LogP contribution in [0.3, 0.4) is 0 Å². The first-order chi connectivity index (χ1) is 14.0. The molecule has 0 atom stereocenters. The van der Waals surface area contributed by atoms with Gasteiger partial charge in [0.2, 0.25) is 10.0 Å². The van der Waals surface area contributed by atoms with Crippen LogP contribution >= 0.6 is 0 Å². The number of nitrogens with zero attached hydrogens (tertiary/aromatic N) is 2. The highest BCUT2D eigenvalue weighted by molar-refractivity contribution is 7.92. The second kappa shape index (κ2) is 8.30. The molecule has 0 aliphatic carbocycles. The Bertz CT molecular complexity index is 1140. The smallest absolute Gasteiger partial charge is 0.264 e. The number of quaternary nitrogens is 1. The van der Waals surface area contributed by atoms with Gasteiger partial charge in [0.15, 0.2) is 0 Å². The second-order valence-corrected chi connectivity index (χ2v) is 11.9. The summed E-state index contributed by atoms with van der Waals surface area (Å²) in [7, 11) is -4.01. The van der Waals surface area contributed by atoms with Crippen molar-refractivity contribution >= 4 is 25.7 Å². The number of piperazine rings is 1. The van der Waals surface area contributed by atoms with Gasteiger partial charge in [-0.2, -0.15) is 4.31 Å². The molecule has 0 amide bonds. The summed E-state index contributed by atoms with van der Waals surface area (Å²) < 4.78 is 55.7. The predicted molar refractivity (Wildman–Crippen MR) is 118 cm³/mol. The van der Waals surface area contributed by atoms with Crippen LogP contribution < -0.4 is 9.21 Å². The van der Waals surface area contributed by atoms with Crippen LogP contribution in [0.2, 0.25) is 0 Å². The average Bonchev–Trinajstić information content (AvgIpc) is 2.68. The number of aryl methyl sites for hydroxylation is 2. The molecular formula is C21H30N3O4S2+. The molecule has 164 valence electrons. The van der Waals surface area contributed by atoms with Gasteiger partial charge in [0.1, 0.15) is 0 Å². The van der Waals surface area contributed by atoms with Crippen molar-refractivity contribution in [2.75, 3.05) is 44.6 Å². The molecule has 1 aliphatic rings. The molecule has 0 saturated carbocycles. The average molecular weight is 453 g/mol. The maximum atomic E-state index is 13.3. The van der Waals surface area contributed by atoms with Crippen LogP contribution in [0.4, 0.5) is 5.69 Å². The molecule has 3 rings (SSSR count). The molecule has 1 saturated heterocycles. The monoisotopic (exact) mass is 452 g/mol. The molecule has 1 N–H and O–H groups in total. The second-order valence-electron chi connectivity index (χ2n) is 8.00. The van der Waals surface area contributed by atoms with Gasteiger partial charge in [-0.15, -0.1) is 0 Å². The van der Waals surface area contributed by atoms with E-state index in [1.807, 2.05) is 14.0 Å². The Morgan fingerprint density at radius 1 is 0.900 bits per heavy atom. The lowest BCUT2D eigenvalue weighted by Crippen LogP contribution is -3.12. The van der Waals surface area contributed by atoms with E-state index in [1.165, 1.54) is 20.6 Å². The number of nitrogens with one attached hydrogen (secondary N) is 1. The van der Waals surface area contributed by atoms with Crippen molar-refractivity contribution in [1.29, 1.82) is 0 Å². The summed E-state index contributed by atoms with van der Waals surface area (Å²) in [6.45, 7) is 7.76. The highest BCUT2D eigenvalue weighted by Crippen LogP contribution is 2.34. The summed E-state index contributed by atoms with van der Waals surface area (Å²) in [5, 5.41) is 0. The lowest BCUT2D eigenvalue weighted by molar-refractivity contribution is -0.883. The van der Waals surface area contributed by atoms with E-state index in [0.717, 1.165) is 18.7 Å². The fourth-order valence-electron chi connectivity index (χ4n) is 3.82. The molecule has 1 aliphatic heterocycles. The Hall–Kier alpha value is -1.94. The summed E-state index contributed by atoms with van der Waals surface area (Å²) in [6, 6.07) is 9.89. The number of benzene rings is 2. The highest BCUT2D eigenvalue weighted by Gasteiger charge is 2.33. The van der Waals surface area contributed by atoms with Crippen LogP contribution in [-0.4, -0.2) is 61.4 Å². The maximum absolute atomic E-state index is 13.3. The van der Waals surface area contributed by atoms with E-state index in [9.17, 15) is 16.8 Å². The molecule has 1 fully saturated rings. The van der Waals surface area contributed by atoms with Gasteiger partial charge in [-0.25, -0.2) is 16.8 Å². The summed E-state index contributed by atoms with van der Waals surface area (Å²) in [5.74, 6) is 0. The summed E-state index contributed by atoms with van der Waals surface area (Å²) in [6.07, 6.45) is 0. The van der Waals surface area contributed by atoms with Crippen molar-refractivity contribution in [2.45, 2.75) is 30.6 Å². The summed E-state index contributed by atoms with van der Waals surface area (Å²) in [4.78, 5) is 1.63. The fourth-order valence-corrected chi connectivity index (χ4v) is 6.80. The SMILES string of the molecule is Cc1ccc(S(=O)(=O)N(C)c2c(C)ccc(S(=O)(=O)N3CC[NH+](C)CC3)c2C)cc1. The molecule has 0 unspecified atom stereocenters. The van der Waals surface area contributed by atoms with Crippen LogP contribution in [0.5, 0.6) is 0 Å². The van der Waals surface area contributed by atoms with Crippen molar-refractivity contribution in [3.8, 4) is 0 Å². The lowest BCUT2D eigenvalue weighted by atomic mass is 10.1. The third kappa shape index (κ3) is 4.12. The van der Waals surface area contributed by atoms with Crippen LogP contribution in [0.1, 0.15) is 16.7 Å². The van der Waals surface area contributed by atoms with E-state index in [4.69, 9.17) is 0 Å². The van der Waals surface area contributed by atoms with E-state index in [1.54, 1.807) is 50.2 Å². The largest absolute Gasteiger partial charge is 0.335 e. The highest BCUT2D eigenvalue weighted by atomic mass is 32.2. The first-order valence-corrected chi connectivity index (χ1v) is 12.8. The Morgan fingerprint density at radius 3 is 2.03 bits per heavy atom. The quantitative estimate of drug-likeness (QED) is 0.733. The predicted octanol–water partition coefficient (Wildman–Crippen LogP) is 0.956. The summed E-state index contributed by atoms with van der Waals surface area (Å²) in [5.41, 5.74) is 2.51. The molecule has 2 aromatic rings. The molecule has 1 heterocycles. The minimum Gasteiger partial charge on any atom is -0.335 e. The van der Waals surface area contributed by atoms with Gasteiger partial charge >= 0.3 is 0 Å². The van der Waals surface area contributed by atoms with E-state index in [2.05, 4.69) is 0 Å². The molecule has 0 bridgehead atoms. The van der Waals surface area contributed by atoms with Gasteiger partial charge in [0.25, 0.3) is 10.0 Å². The minimum atomic E-state index is -3.83. The molecule has 9 heteroatoms. The van der Waals surface area contributed by atoms with Crippen LogP contribution in [0.25, 0.3) is 0 Å². The van der Waals surface area contributed by atoms with Gasteiger partial charge in [0.05, 0.1) is 48.7 Å². The Balaban J connectivity index is 2.05. The van der Waals surface area contributed by atoms with Gasteiger partial charge in [-0.05, 0) is 50.1 Å². The van der Waals surface area contributed by atoms with Crippen molar-refractivity contribution in [3.05, 3.63) is 53.1 Å². The van der Waals surface area contributed by atoms with E-state index in [-0.39, 0.29) is 9.79 Å². The Labute approximate surface area is 180 Å². The molecule has 7 nitrogen and oxygen atoms in total. The standard InChI is InChI=1S/C21H29N3O4S2/c1-16-6-9-19(10-7-16)29(25,26)23(5)21-17(2)8-11-20(18(21)3)30(27,28)24-14-12-22(4)13-15-24/h6-11H,12-15H2,1-5H3/p+1. The number of hydrogen-bond donors (Lipinski definition) is 1. The van der Waals surface area contributed by atoms with E-state index in [0.29, 0.717) is 29.9 Å². The fraction of sp³-hybridized carbons (Fsp3) is 0.429. The number of hydrogen-bond acceptors (Lipinski definition) is 4. The zero-order chi connectivity index (χ0) is 22.3. The van der Waals surface area contributed by atoms with Crippen molar-refractivity contribution in [2.24, 2.45) is 0 Å². The number of likely N-dealkylation sites (N-methyl/N-ethyl adjacent to an activating group) is 1. The number of rotatable bonds is 5. The molecule has 0 spiro atoms. The van der Waals surface area contributed by atoms with Gasteiger partial charge in [-0.3, -0.25) is 4.31 Å². The molecular weight excluding hydrogens is 422 g/mol. The topological polar surface area (TPSA) is 79.2 Å². The van der Waals surface area contributed by atoms with Crippen LogP contribution in [-0.2, 0) is 20.0 Å². The van der Waals surface area contributed by atoms with E-state index >= 15 is 0 Å². The Kier molecular flexibility index (Phi) is 6.29. The molecule has 0 aromatic heterocycles. The van der Waals surface area contributed by atoms with Crippen LogP contribution in [0.15, 0.2) is 46.2 Å². The lowest BCUT2D eigenvalue weighted by Gasteiger charge is -2.31. The normalized spacial score (nSPS) is 16.6. The molecule has 30 heavy (non-hydrogen) atoms. The van der Waals surface area contributed by atoms with Gasteiger partial charge in [0, 0.05) is 7.05 Å². The molecule has 0 radical (unpaired) electrons. The Morgan fingerprint density at radius 2 is 1.47 bits per heavy atom. The van der Waals surface area contributed by atoms with E-state index < -0.39 is 20.0 Å². The van der Waals surface area contributed by atoms with Gasteiger partial charge in [-0.1, -0.05) is 23.8 Å². The minimum absolute atomic E-state index is 0.161.